The van der Waals surface area contributed by atoms with E-state index in [4.69, 9.17) is 4.74 Å². The highest BCUT2D eigenvalue weighted by molar-refractivity contribution is 7.89. The Labute approximate surface area is 207 Å². The van der Waals surface area contributed by atoms with E-state index in [0.29, 0.717) is 35.4 Å². The summed E-state index contributed by atoms with van der Waals surface area (Å²) in [7, 11) is -3.70. The van der Waals surface area contributed by atoms with Crippen LogP contribution in [0.4, 0.5) is 13.2 Å². The van der Waals surface area contributed by atoms with Crippen LogP contribution >= 0.6 is 0 Å². The van der Waals surface area contributed by atoms with Crippen LogP contribution in [0.5, 0.6) is 5.75 Å². The molecule has 0 fully saturated rings. The molecule has 4 rings (SSSR count). The molecule has 0 unspecified atom stereocenters. The molecule has 1 aromatic heterocycles. The smallest absolute Gasteiger partial charge is 0.416 e. The fourth-order valence-corrected chi connectivity index (χ4v) is 4.99. The predicted molar refractivity (Wildman–Crippen MR) is 132 cm³/mol. The van der Waals surface area contributed by atoms with Crippen molar-refractivity contribution in [3.8, 4) is 16.9 Å². The molecule has 0 bridgehead atoms. The molecule has 0 amide bonds. The van der Waals surface area contributed by atoms with Gasteiger partial charge in [0.2, 0.25) is 10.0 Å². The molecule has 6 nitrogen and oxygen atoms in total. The summed E-state index contributed by atoms with van der Waals surface area (Å²) in [6.07, 6.45) is -1.27. The molecule has 0 spiro atoms. The lowest BCUT2D eigenvalue weighted by Gasteiger charge is -2.14. The molecule has 0 saturated heterocycles. The van der Waals surface area contributed by atoms with Gasteiger partial charge in [-0.15, -0.1) is 0 Å². The van der Waals surface area contributed by atoms with E-state index in [1.165, 1.54) is 6.07 Å². The number of hydrogen-bond acceptors (Lipinski definition) is 5. The van der Waals surface area contributed by atoms with Gasteiger partial charge in [0, 0.05) is 48.4 Å². The number of nitrogens with zero attached hydrogens (tertiary/aromatic N) is 1. The van der Waals surface area contributed by atoms with Crippen molar-refractivity contribution in [3.05, 3.63) is 90.8 Å². The van der Waals surface area contributed by atoms with E-state index in [0.717, 1.165) is 17.5 Å². The molecule has 1 heterocycles. The van der Waals surface area contributed by atoms with E-state index in [-0.39, 0.29) is 18.0 Å². The van der Waals surface area contributed by atoms with E-state index in [2.05, 4.69) is 15.0 Å². The van der Waals surface area contributed by atoms with Crippen LogP contribution in [0.2, 0.25) is 0 Å². The number of rotatable bonds is 10. The molecule has 0 aliphatic carbocycles. The first-order valence-electron chi connectivity index (χ1n) is 11.2. The molecule has 3 aromatic carbocycles. The van der Waals surface area contributed by atoms with Crippen molar-refractivity contribution in [2.45, 2.75) is 11.1 Å². The van der Waals surface area contributed by atoms with E-state index < -0.39 is 21.8 Å². The fourth-order valence-electron chi connectivity index (χ4n) is 3.73. The summed E-state index contributed by atoms with van der Waals surface area (Å²) in [6.45, 7) is 1.20. The monoisotopic (exact) mass is 515 g/mol. The van der Waals surface area contributed by atoms with Gasteiger partial charge in [0.1, 0.15) is 12.4 Å². The summed E-state index contributed by atoms with van der Waals surface area (Å²) in [5, 5.41) is 4.43. The summed E-state index contributed by atoms with van der Waals surface area (Å²) in [5.74, 6) is 0.463. The number of sulfonamides is 1. The molecule has 0 radical (unpaired) electrons. The minimum absolute atomic E-state index is 0.171. The summed E-state index contributed by atoms with van der Waals surface area (Å²) in [4.78, 5) is 4.21. The zero-order valence-corrected chi connectivity index (χ0v) is 19.9. The summed E-state index contributed by atoms with van der Waals surface area (Å²) in [6, 6.07) is 18.7. The lowest BCUT2D eigenvalue weighted by Crippen LogP contribution is -2.33. The van der Waals surface area contributed by atoms with Crippen LogP contribution in [0.25, 0.3) is 21.9 Å². The van der Waals surface area contributed by atoms with E-state index in [9.17, 15) is 21.6 Å². The largest absolute Gasteiger partial charge is 0.492 e. The van der Waals surface area contributed by atoms with Gasteiger partial charge in [0.15, 0.2) is 0 Å². The van der Waals surface area contributed by atoms with Crippen molar-refractivity contribution in [3.63, 3.8) is 0 Å². The number of para-hydroxylation sites is 1. The van der Waals surface area contributed by atoms with Gasteiger partial charge in [-0.2, -0.15) is 13.2 Å². The number of alkyl halides is 3. The highest BCUT2D eigenvalue weighted by Gasteiger charge is 2.30. The molecular formula is C26H24F3N3O3S. The Kier molecular flexibility index (Phi) is 7.88. The number of halogens is 3. The first-order valence-corrected chi connectivity index (χ1v) is 12.7. The highest BCUT2D eigenvalue weighted by atomic mass is 32.2. The summed E-state index contributed by atoms with van der Waals surface area (Å²) >= 11 is 0. The Bertz CT molecular complexity index is 1440. The minimum Gasteiger partial charge on any atom is -0.492 e. The predicted octanol–water partition coefficient (Wildman–Crippen LogP) is 4.87. The van der Waals surface area contributed by atoms with Crippen LogP contribution in [0.3, 0.4) is 0 Å². The van der Waals surface area contributed by atoms with Crippen LogP contribution in [-0.2, 0) is 16.2 Å². The molecule has 4 aromatic rings. The second-order valence-electron chi connectivity index (χ2n) is 7.92. The Morgan fingerprint density at radius 3 is 2.53 bits per heavy atom. The first-order chi connectivity index (χ1) is 17.3. The zero-order chi connectivity index (χ0) is 25.6. The van der Waals surface area contributed by atoms with Gasteiger partial charge in [-0.1, -0.05) is 42.5 Å². The third kappa shape index (κ3) is 6.20. The Morgan fingerprint density at radius 1 is 0.889 bits per heavy atom. The van der Waals surface area contributed by atoms with Gasteiger partial charge in [0.25, 0.3) is 0 Å². The van der Waals surface area contributed by atoms with Crippen LogP contribution in [-0.4, -0.2) is 39.6 Å². The molecule has 0 saturated carbocycles. The number of ether oxygens (including phenoxy) is 1. The van der Waals surface area contributed by atoms with E-state index >= 15 is 0 Å². The SMILES string of the molecule is O=S(=O)(NCCNCCOc1ccccc1-c1cccc(C(F)(F)F)c1)c1cccc2cnccc12. The lowest BCUT2D eigenvalue weighted by molar-refractivity contribution is -0.137. The van der Waals surface area contributed by atoms with Gasteiger partial charge in [-0.3, -0.25) is 4.98 Å². The van der Waals surface area contributed by atoms with Crippen LogP contribution in [0.15, 0.2) is 90.1 Å². The topological polar surface area (TPSA) is 80.3 Å². The fraction of sp³-hybridized carbons (Fsp3) is 0.192. The van der Waals surface area contributed by atoms with Gasteiger partial charge in [-0.25, -0.2) is 13.1 Å². The third-order valence-corrected chi connectivity index (χ3v) is 6.97. The Morgan fingerprint density at radius 2 is 1.69 bits per heavy atom. The van der Waals surface area contributed by atoms with Crippen LogP contribution in [0.1, 0.15) is 5.56 Å². The number of fused-ring (bicyclic) bond motifs is 1. The van der Waals surface area contributed by atoms with Gasteiger partial charge in [-0.05, 0) is 35.9 Å². The van der Waals surface area contributed by atoms with Crippen molar-refractivity contribution in [2.75, 3.05) is 26.2 Å². The maximum Gasteiger partial charge on any atom is 0.416 e. The number of hydrogen-bond donors (Lipinski definition) is 2. The minimum atomic E-state index is -4.43. The summed E-state index contributed by atoms with van der Waals surface area (Å²) < 4.78 is 73.1. The molecule has 36 heavy (non-hydrogen) atoms. The van der Waals surface area contributed by atoms with Crippen molar-refractivity contribution in [1.82, 2.24) is 15.0 Å². The Balaban J connectivity index is 1.28. The molecule has 0 aliphatic rings. The van der Waals surface area contributed by atoms with E-state index in [1.807, 2.05) is 0 Å². The van der Waals surface area contributed by atoms with Gasteiger partial charge >= 0.3 is 6.18 Å². The molecule has 10 heteroatoms. The Hall–Kier alpha value is -3.47. The van der Waals surface area contributed by atoms with E-state index in [1.54, 1.807) is 67.0 Å². The van der Waals surface area contributed by atoms with Crippen molar-refractivity contribution >= 4 is 20.8 Å². The average Bonchev–Trinajstić information content (AvgIpc) is 2.87. The van der Waals surface area contributed by atoms with Crippen LogP contribution < -0.4 is 14.8 Å². The molecule has 188 valence electrons. The standard InChI is InChI=1S/C26H24F3N3O3S/c27-26(28,29)21-7-3-5-19(17-21)22-8-1-2-9-24(22)35-16-15-30-13-14-32-36(33,34)25-10-4-6-20-18-31-12-11-23(20)25/h1-12,17-18,30,32H,13-16H2. The van der Waals surface area contributed by atoms with Crippen molar-refractivity contribution in [1.29, 1.82) is 0 Å². The first kappa shape index (κ1) is 25.6. The zero-order valence-electron chi connectivity index (χ0n) is 19.1. The molecule has 0 atom stereocenters. The maximum absolute atomic E-state index is 13.1. The maximum atomic E-state index is 13.1. The normalized spacial score (nSPS) is 12.1. The number of pyridine rings is 1. The van der Waals surface area contributed by atoms with Crippen LogP contribution in [0, 0.1) is 0 Å². The van der Waals surface area contributed by atoms with Crippen molar-refractivity contribution in [2.24, 2.45) is 0 Å². The summed E-state index contributed by atoms with van der Waals surface area (Å²) in [5.41, 5.74) is 0.243. The average molecular weight is 516 g/mol. The van der Waals surface area contributed by atoms with Gasteiger partial charge < -0.3 is 10.1 Å². The second-order valence-corrected chi connectivity index (χ2v) is 9.66. The molecule has 0 aliphatic heterocycles. The second kappa shape index (κ2) is 11.1. The van der Waals surface area contributed by atoms with Crippen molar-refractivity contribution < 1.29 is 26.3 Å². The molecule has 2 N–H and O–H groups in total. The quantitative estimate of drug-likeness (QED) is 0.295. The number of benzene rings is 3. The lowest BCUT2D eigenvalue weighted by atomic mass is 10.0. The number of aromatic nitrogens is 1. The highest BCUT2D eigenvalue weighted by Crippen LogP contribution is 2.35. The number of nitrogens with one attached hydrogen (secondary N) is 2. The third-order valence-electron chi connectivity index (χ3n) is 5.45. The molecular weight excluding hydrogens is 491 g/mol. The van der Waals surface area contributed by atoms with Gasteiger partial charge in [0.05, 0.1) is 10.5 Å².